The molecule has 2 nitrogen and oxygen atoms in total. The third-order valence-electron chi connectivity index (χ3n) is 3.51. The minimum Gasteiger partial charge on any atom is -0.494 e. The van der Waals surface area contributed by atoms with E-state index in [-0.39, 0.29) is 0 Å². The Hall–Kier alpha value is -2.79. The van der Waals surface area contributed by atoms with Crippen LogP contribution in [0.4, 0.5) is 0 Å². The minimum atomic E-state index is 0.674. The molecular formula is C21H21NO. The van der Waals surface area contributed by atoms with Gasteiger partial charge in [-0.15, -0.1) is 0 Å². The molecule has 0 bridgehead atoms. The molecule has 0 aliphatic carbocycles. The Balaban J connectivity index is 1.87. The van der Waals surface area contributed by atoms with Crippen LogP contribution < -0.4 is 4.74 Å². The lowest BCUT2D eigenvalue weighted by atomic mass is 10.0. The summed E-state index contributed by atoms with van der Waals surface area (Å²) in [5.41, 5.74) is 4.02. The molecule has 0 saturated carbocycles. The van der Waals surface area contributed by atoms with Crippen molar-refractivity contribution in [2.75, 3.05) is 6.61 Å². The zero-order chi connectivity index (χ0) is 16.5. The van der Waals surface area contributed by atoms with Gasteiger partial charge in [0.2, 0.25) is 0 Å². The van der Waals surface area contributed by atoms with Gasteiger partial charge < -0.3 is 4.74 Å². The van der Waals surface area contributed by atoms with Gasteiger partial charge in [0.15, 0.2) is 0 Å². The summed E-state index contributed by atoms with van der Waals surface area (Å²) < 4.78 is 5.75. The van der Waals surface area contributed by atoms with Gasteiger partial charge in [0, 0.05) is 0 Å². The van der Waals surface area contributed by atoms with Crippen LogP contribution in [-0.4, -0.2) is 6.61 Å². The van der Waals surface area contributed by atoms with E-state index in [2.05, 4.69) is 12.6 Å². The lowest BCUT2D eigenvalue weighted by molar-refractivity contribution is 0.311. The number of benzene rings is 2. The molecule has 0 aliphatic rings. The van der Waals surface area contributed by atoms with Gasteiger partial charge >= 0.3 is 0 Å². The van der Waals surface area contributed by atoms with Gasteiger partial charge in [0.05, 0.1) is 18.2 Å². The Morgan fingerprint density at radius 1 is 1.09 bits per heavy atom. The average molecular weight is 303 g/mol. The van der Waals surface area contributed by atoms with Crippen LogP contribution in [0, 0.1) is 11.3 Å². The van der Waals surface area contributed by atoms with Crippen molar-refractivity contribution in [1.82, 2.24) is 0 Å². The van der Waals surface area contributed by atoms with Crippen LogP contribution in [0.5, 0.6) is 5.75 Å². The largest absolute Gasteiger partial charge is 0.494 e. The van der Waals surface area contributed by atoms with E-state index < -0.39 is 0 Å². The van der Waals surface area contributed by atoms with Crippen LogP contribution in [0.3, 0.4) is 0 Å². The number of ether oxygens (including phenoxy) is 1. The molecule has 116 valence electrons. The Labute approximate surface area is 138 Å². The first-order valence-corrected chi connectivity index (χ1v) is 7.77. The molecule has 0 amide bonds. The van der Waals surface area contributed by atoms with E-state index in [1.807, 2.05) is 67.6 Å². The first-order chi connectivity index (χ1) is 11.2. The highest BCUT2D eigenvalue weighted by Crippen LogP contribution is 2.23. The molecule has 0 fully saturated rings. The molecule has 0 saturated heterocycles. The van der Waals surface area contributed by atoms with Crippen molar-refractivity contribution in [1.29, 1.82) is 5.26 Å². The summed E-state index contributed by atoms with van der Waals surface area (Å²) in [6.45, 7) is 6.67. The summed E-state index contributed by atoms with van der Waals surface area (Å²) in [5.74, 6) is 0.874. The van der Waals surface area contributed by atoms with Crippen molar-refractivity contribution < 1.29 is 4.74 Å². The molecule has 0 N–H and O–H groups in total. The quantitative estimate of drug-likeness (QED) is 0.498. The van der Waals surface area contributed by atoms with E-state index in [1.54, 1.807) is 0 Å². The standard InChI is InChI=1S/C21H21NO/c1-3-5-17(2)6-4-15-23-21-13-11-20(12-14-21)19-9-7-18(16-22)8-10-19/h3,5,7-14H,2,4,6,15H2,1H3/b5-3+. The molecule has 0 unspecified atom stereocenters. The van der Waals surface area contributed by atoms with Crippen LogP contribution in [0.25, 0.3) is 11.1 Å². The second-order valence-corrected chi connectivity index (χ2v) is 5.32. The number of allylic oxidation sites excluding steroid dienone is 3. The van der Waals surface area contributed by atoms with Crippen molar-refractivity contribution in [2.45, 2.75) is 19.8 Å². The fourth-order valence-corrected chi connectivity index (χ4v) is 2.29. The van der Waals surface area contributed by atoms with Gasteiger partial charge in [-0.2, -0.15) is 5.26 Å². The average Bonchev–Trinajstić information content (AvgIpc) is 2.60. The summed E-state index contributed by atoms with van der Waals surface area (Å²) in [6, 6.07) is 17.7. The van der Waals surface area contributed by atoms with Gasteiger partial charge in [-0.3, -0.25) is 0 Å². The SMILES string of the molecule is C=C(/C=C/C)CCCOc1ccc(-c2ccc(C#N)cc2)cc1. The van der Waals surface area contributed by atoms with E-state index in [1.165, 1.54) is 0 Å². The zero-order valence-electron chi connectivity index (χ0n) is 13.5. The Kier molecular flexibility index (Phi) is 6.20. The normalized spacial score (nSPS) is 10.4. The number of nitrogens with zero attached hydrogens (tertiary/aromatic N) is 1. The van der Waals surface area contributed by atoms with E-state index in [0.29, 0.717) is 12.2 Å². The molecule has 0 aliphatic heterocycles. The summed E-state index contributed by atoms with van der Waals surface area (Å²) in [5, 5.41) is 8.83. The Morgan fingerprint density at radius 3 is 2.26 bits per heavy atom. The van der Waals surface area contributed by atoms with Crippen molar-refractivity contribution in [3.8, 4) is 22.9 Å². The molecule has 0 radical (unpaired) electrons. The molecular weight excluding hydrogens is 282 g/mol. The Bertz CT molecular complexity index is 703. The maximum atomic E-state index is 8.83. The zero-order valence-corrected chi connectivity index (χ0v) is 13.5. The first kappa shape index (κ1) is 16.6. The third-order valence-corrected chi connectivity index (χ3v) is 3.51. The van der Waals surface area contributed by atoms with E-state index in [9.17, 15) is 0 Å². The van der Waals surface area contributed by atoms with E-state index >= 15 is 0 Å². The summed E-state index contributed by atoms with van der Waals surface area (Å²) in [6.07, 6.45) is 5.95. The van der Waals surface area contributed by atoms with Crippen LogP contribution >= 0.6 is 0 Å². The summed E-state index contributed by atoms with van der Waals surface area (Å²) in [7, 11) is 0. The van der Waals surface area contributed by atoms with Crippen molar-refractivity contribution >= 4 is 0 Å². The highest BCUT2D eigenvalue weighted by atomic mass is 16.5. The van der Waals surface area contributed by atoms with Crippen molar-refractivity contribution in [3.05, 3.63) is 78.4 Å². The molecule has 2 heteroatoms. The molecule has 2 rings (SSSR count). The molecule has 2 aromatic rings. The lowest BCUT2D eigenvalue weighted by Gasteiger charge is -2.08. The van der Waals surface area contributed by atoms with Crippen LogP contribution in [-0.2, 0) is 0 Å². The molecule has 0 spiro atoms. The number of rotatable bonds is 7. The number of nitriles is 1. The summed E-state index contributed by atoms with van der Waals surface area (Å²) in [4.78, 5) is 0. The molecule has 23 heavy (non-hydrogen) atoms. The van der Waals surface area contributed by atoms with Gasteiger partial charge in [0.25, 0.3) is 0 Å². The molecule has 0 aromatic heterocycles. The van der Waals surface area contributed by atoms with E-state index in [0.717, 1.165) is 35.3 Å². The second-order valence-electron chi connectivity index (χ2n) is 5.32. The second kappa shape index (κ2) is 8.60. The van der Waals surface area contributed by atoms with E-state index in [4.69, 9.17) is 10.00 Å². The minimum absolute atomic E-state index is 0.674. The van der Waals surface area contributed by atoms with Crippen LogP contribution in [0.1, 0.15) is 25.3 Å². The first-order valence-electron chi connectivity index (χ1n) is 7.77. The van der Waals surface area contributed by atoms with Gasteiger partial charge in [-0.25, -0.2) is 0 Å². The lowest BCUT2D eigenvalue weighted by Crippen LogP contribution is -1.97. The Morgan fingerprint density at radius 2 is 1.70 bits per heavy atom. The van der Waals surface area contributed by atoms with Crippen molar-refractivity contribution in [3.63, 3.8) is 0 Å². The predicted molar refractivity (Wildman–Crippen MR) is 95.3 cm³/mol. The smallest absolute Gasteiger partial charge is 0.119 e. The van der Waals surface area contributed by atoms with Crippen LogP contribution in [0.15, 0.2) is 72.8 Å². The van der Waals surface area contributed by atoms with Crippen molar-refractivity contribution in [2.24, 2.45) is 0 Å². The topological polar surface area (TPSA) is 33.0 Å². The number of hydrogen-bond acceptors (Lipinski definition) is 2. The summed E-state index contributed by atoms with van der Waals surface area (Å²) >= 11 is 0. The number of hydrogen-bond donors (Lipinski definition) is 0. The van der Waals surface area contributed by atoms with Gasteiger partial charge in [-0.1, -0.05) is 48.6 Å². The van der Waals surface area contributed by atoms with Gasteiger partial charge in [0.1, 0.15) is 5.75 Å². The maximum Gasteiger partial charge on any atom is 0.119 e. The maximum absolute atomic E-state index is 8.83. The highest BCUT2D eigenvalue weighted by Gasteiger charge is 2.00. The molecule has 2 aromatic carbocycles. The fourth-order valence-electron chi connectivity index (χ4n) is 2.29. The van der Waals surface area contributed by atoms with Gasteiger partial charge in [-0.05, 0) is 55.2 Å². The highest BCUT2D eigenvalue weighted by molar-refractivity contribution is 5.64. The molecule has 0 atom stereocenters. The predicted octanol–water partition coefficient (Wildman–Crippen LogP) is 5.52. The monoisotopic (exact) mass is 303 g/mol. The van der Waals surface area contributed by atoms with Crippen LogP contribution in [0.2, 0.25) is 0 Å². The third kappa shape index (κ3) is 5.16. The molecule has 0 heterocycles. The fraction of sp³-hybridized carbons (Fsp3) is 0.190.